The lowest BCUT2D eigenvalue weighted by Crippen LogP contribution is -2.42. The van der Waals surface area contributed by atoms with Gasteiger partial charge in [-0.3, -0.25) is 5.32 Å². The molecule has 1 aliphatic rings. The lowest BCUT2D eigenvalue weighted by molar-refractivity contribution is 0.0685. The third-order valence-electron chi connectivity index (χ3n) is 3.12. The molecule has 0 amide bonds. The first-order chi connectivity index (χ1) is 7.78. The monoisotopic (exact) mass is 219 g/mol. The van der Waals surface area contributed by atoms with Crippen molar-refractivity contribution in [2.45, 2.75) is 25.1 Å². The van der Waals surface area contributed by atoms with Crippen LogP contribution in [-0.4, -0.2) is 16.5 Å². The molecule has 1 atom stereocenters. The summed E-state index contributed by atoms with van der Waals surface area (Å²) in [5, 5.41) is 2.91. The van der Waals surface area contributed by atoms with E-state index in [-0.39, 0.29) is 0 Å². The van der Waals surface area contributed by atoms with Crippen molar-refractivity contribution < 1.29 is 4.39 Å². The second-order valence-corrected chi connectivity index (χ2v) is 4.29. The van der Waals surface area contributed by atoms with Crippen molar-refractivity contribution in [2.24, 2.45) is 0 Å². The molecule has 1 aromatic heterocycles. The summed E-state index contributed by atoms with van der Waals surface area (Å²) in [5.41, 5.74) is 1.71. The SMILES string of the molecule is FC1(c2nc3ccccc3[nH]2)CCCCN1. The number of halogens is 1. The van der Waals surface area contributed by atoms with E-state index in [1.54, 1.807) is 0 Å². The van der Waals surface area contributed by atoms with Crippen LogP contribution in [0.25, 0.3) is 11.0 Å². The average molecular weight is 219 g/mol. The Hall–Kier alpha value is -1.42. The molecule has 1 unspecified atom stereocenters. The summed E-state index contributed by atoms with van der Waals surface area (Å²) in [7, 11) is 0. The highest BCUT2D eigenvalue weighted by atomic mass is 19.1. The third-order valence-corrected chi connectivity index (χ3v) is 3.12. The minimum atomic E-state index is -1.47. The molecule has 16 heavy (non-hydrogen) atoms. The zero-order chi connectivity index (χ0) is 11.0. The van der Waals surface area contributed by atoms with E-state index in [0.717, 1.165) is 23.9 Å². The summed E-state index contributed by atoms with van der Waals surface area (Å²) in [6, 6.07) is 7.63. The number of rotatable bonds is 1. The van der Waals surface area contributed by atoms with Crippen molar-refractivity contribution in [3.63, 3.8) is 0 Å². The van der Waals surface area contributed by atoms with E-state index in [2.05, 4.69) is 15.3 Å². The smallest absolute Gasteiger partial charge is 0.219 e. The summed E-state index contributed by atoms with van der Waals surface area (Å²) < 4.78 is 14.5. The van der Waals surface area contributed by atoms with Gasteiger partial charge >= 0.3 is 0 Å². The van der Waals surface area contributed by atoms with Gasteiger partial charge in [-0.05, 0) is 31.5 Å². The number of alkyl halides is 1. The van der Waals surface area contributed by atoms with Gasteiger partial charge in [0.15, 0.2) is 5.82 Å². The number of para-hydroxylation sites is 2. The van der Waals surface area contributed by atoms with Gasteiger partial charge in [0, 0.05) is 6.42 Å². The van der Waals surface area contributed by atoms with Crippen LogP contribution in [0.3, 0.4) is 0 Å². The topological polar surface area (TPSA) is 40.7 Å². The van der Waals surface area contributed by atoms with E-state index >= 15 is 0 Å². The highest BCUT2D eigenvalue weighted by Crippen LogP contribution is 2.30. The van der Waals surface area contributed by atoms with Crippen molar-refractivity contribution in [2.75, 3.05) is 6.54 Å². The highest BCUT2D eigenvalue weighted by molar-refractivity contribution is 5.74. The Morgan fingerprint density at radius 3 is 2.88 bits per heavy atom. The Morgan fingerprint density at radius 2 is 2.12 bits per heavy atom. The second kappa shape index (κ2) is 3.56. The number of fused-ring (bicyclic) bond motifs is 1. The van der Waals surface area contributed by atoms with Crippen molar-refractivity contribution in [3.8, 4) is 0 Å². The standard InChI is InChI=1S/C12H14FN3/c13-12(7-3-4-8-14-12)11-15-9-5-1-2-6-10(9)16-11/h1-2,5-6,14H,3-4,7-8H2,(H,15,16). The molecule has 0 bridgehead atoms. The van der Waals surface area contributed by atoms with Crippen LogP contribution in [-0.2, 0) is 5.79 Å². The third kappa shape index (κ3) is 1.50. The van der Waals surface area contributed by atoms with Gasteiger partial charge in [0.2, 0.25) is 5.79 Å². The minimum Gasteiger partial charge on any atom is -0.338 e. The number of nitrogens with one attached hydrogen (secondary N) is 2. The van der Waals surface area contributed by atoms with Crippen LogP contribution < -0.4 is 5.32 Å². The fourth-order valence-electron chi connectivity index (χ4n) is 2.21. The summed E-state index contributed by atoms with van der Waals surface area (Å²) in [6.45, 7) is 0.716. The van der Waals surface area contributed by atoms with Crippen LogP contribution in [0, 0.1) is 0 Å². The van der Waals surface area contributed by atoms with Crippen LogP contribution >= 0.6 is 0 Å². The molecule has 1 fully saturated rings. The molecule has 0 radical (unpaired) electrons. The lowest BCUT2D eigenvalue weighted by Gasteiger charge is -2.28. The van der Waals surface area contributed by atoms with E-state index in [0.29, 0.717) is 18.8 Å². The number of benzene rings is 1. The van der Waals surface area contributed by atoms with Crippen LogP contribution in [0.2, 0.25) is 0 Å². The van der Waals surface area contributed by atoms with Crippen molar-refractivity contribution >= 4 is 11.0 Å². The molecule has 4 heteroatoms. The van der Waals surface area contributed by atoms with Crippen LogP contribution in [0.15, 0.2) is 24.3 Å². The van der Waals surface area contributed by atoms with Crippen LogP contribution in [0.1, 0.15) is 25.1 Å². The molecule has 2 N–H and O–H groups in total. The molecular formula is C12H14FN3. The number of hydrogen-bond acceptors (Lipinski definition) is 2. The number of piperidine rings is 1. The molecule has 1 aromatic carbocycles. The van der Waals surface area contributed by atoms with Gasteiger partial charge in [-0.25, -0.2) is 9.37 Å². The molecule has 84 valence electrons. The van der Waals surface area contributed by atoms with E-state index in [9.17, 15) is 4.39 Å². The number of hydrogen-bond donors (Lipinski definition) is 2. The molecule has 0 saturated carbocycles. The van der Waals surface area contributed by atoms with Crippen LogP contribution in [0.5, 0.6) is 0 Å². The Morgan fingerprint density at radius 1 is 1.25 bits per heavy atom. The summed E-state index contributed by atoms with van der Waals surface area (Å²) in [5.74, 6) is -1.06. The number of nitrogens with zero attached hydrogens (tertiary/aromatic N) is 1. The molecule has 3 nitrogen and oxygen atoms in total. The van der Waals surface area contributed by atoms with Gasteiger partial charge < -0.3 is 4.98 Å². The second-order valence-electron chi connectivity index (χ2n) is 4.29. The first-order valence-electron chi connectivity index (χ1n) is 5.67. The Bertz CT molecular complexity index is 467. The van der Waals surface area contributed by atoms with Crippen molar-refractivity contribution in [3.05, 3.63) is 30.1 Å². The maximum Gasteiger partial charge on any atom is 0.219 e. The first-order valence-corrected chi connectivity index (χ1v) is 5.67. The van der Waals surface area contributed by atoms with Gasteiger partial charge in [-0.2, -0.15) is 0 Å². The number of imidazole rings is 1. The molecular weight excluding hydrogens is 205 g/mol. The molecule has 3 rings (SSSR count). The fraction of sp³-hybridized carbons (Fsp3) is 0.417. The Kier molecular flexibility index (Phi) is 2.17. The summed E-state index contributed by atoms with van der Waals surface area (Å²) in [6.07, 6.45) is 2.43. The lowest BCUT2D eigenvalue weighted by atomic mass is 10.0. The minimum absolute atomic E-state index is 0.411. The zero-order valence-corrected chi connectivity index (χ0v) is 8.96. The first kappa shape index (κ1) is 9.78. The summed E-state index contributed by atoms with van der Waals surface area (Å²) in [4.78, 5) is 7.37. The van der Waals surface area contributed by atoms with Gasteiger partial charge in [-0.1, -0.05) is 12.1 Å². The zero-order valence-electron chi connectivity index (χ0n) is 8.96. The number of aromatic amines is 1. The quantitative estimate of drug-likeness (QED) is 0.723. The molecule has 2 aromatic rings. The van der Waals surface area contributed by atoms with Gasteiger partial charge in [0.05, 0.1) is 11.0 Å². The maximum atomic E-state index is 14.5. The molecule has 2 heterocycles. The predicted molar refractivity (Wildman–Crippen MR) is 60.7 cm³/mol. The van der Waals surface area contributed by atoms with Crippen molar-refractivity contribution in [1.29, 1.82) is 0 Å². The Labute approximate surface area is 93.1 Å². The highest BCUT2D eigenvalue weighted by Gasteiger charge is 2.36. The predicted octanol–water partition coefficient (Wildman–Crippen LogP) is 2.46. The van der Waals surface area contributed by atoms with Crippen LogP contribution in [0.4, 0.5) is 4.39 Å². The van der Waals surface area contributed by atoms with E-state index in [1.807, 2.05) is 24.3 Å². The molecule has 0 aliphatic carbocycles. The van der Waals surface area contributed by atoms with Crippen molar-refractivity contribution in [1.82, 2.24) is 15.3 Å². The molecule has 0 spiro atoms. The van der Waals surface area contributed by atoms with Gasteiger partial charge in [0.1, 0.15) is 0 Å². The largest absolute Gasteiger partial charge is 0.338 e. The fourth-order valence-corrected chi connectivity index (χ4v) is 2.21. The van der Waals surface area contributed by atoms with E-state index in [4.69, 9.17) is 0 Å². The normalized spacial score (nSPS) is 26.1. The number of aromatic nitrogens is 2. The molecule has 1 aliphatic heterocycles. The Balaban J connectivity index is 2.04. The van der Waals surface area contributed by atoms with Gasteiger partial charge in [-0.15, -0.1) is 0 Å². The molecule has 1 saturated heterocycles. The number of H-pyrrole nitrogens is 1. The van der Waals surface area contributed by atoms with E-state index in [1.165, 1.54) is 0 Å². The van der Waals surface area contributed by atoms with E-state index < -0.39 is 5.79 Å². The van der Waals surface area contributed by atoms with Gasteiger partial charge in [0.25, 0.3) is 0 Å². The summed E-state index contributed by atoms with van der Waals surface area (Å²) >= 11 is 0. The average Bonchev–Trinajstić information content (AvgIpc) is 2.74. The maximum absolute atomic E-state index is 14.5.